The average Bonchev–Trinajstić information content (AvgIpc) is 2.68. The second-order valence-electron chi connectivity index (χ2n) is 8.09. The Morgan fingerprint density at radius 1 is 1.33 bits per heavy atom. The summed E-state index contributed by atoms with van der Waals surface area (Å²) in [4.78, 5) is 16.3. The molecule has 1 saturated heterocycles. The lowest BCUT2D eigenvalue weighted by atomic mass is 9.76. The zero-order valence-corrected chi connectivity index (χ0v) is 17.2. The molecule has 0 aromatic rings. The summed E-state index contributed by atoms with van der Waals surface area (Å²) in [5, 5.41) is 7.81. The lowest BCUT2D eigenvalue weighted by Gasteiger charge is -2.38. The number of hydrogen-bond donors (Lipinski definition) is 1. The molecule has 1 saturated carbocycles. The topological polar surface area (TPSA) is 47.4 Å². The predicted molar refractivity (Wildman–Crippen MR) is 110 cm³/mol. The van der Waals surface area contributed by atoms with Gasteiger partial charge in [0.25, 0.3) is 0 Å². The van der Waals surface area contributed by atoms with Crippen molar-refractivity contribution in [1.29, 1.82) is 5.41 Å². The van der Waals surface area contributed by atoms with Crippen LogP contribution in [-0.4, -0.2) is 53.9 Å². The molecule has 1 atom stereocenters. The van der Waals surface area contributed by atoms with E-state index in [0.29, 0.717) is 49.1 Å². The summed E-state index contributed by atoms with van der Waals surface area (Å²) in [6, 6.07) is -0.229. The van der Waals surface area contributed by atoms with Gasteiger partial charge in [-0.25, -0.2) is 4.39 Å². The molecule has 4 nitrogen and oxygen atoms in total. The van der Waals surface area contributed by atoms with E-state index in [1.165, 1.54) is 12.8 Å². The maximum absolute atomic E-state index is 15.4. The Morgan fingerprint density at radius 3 is 2.44 bits per heavy atom. The van der Waals surface area contributed by atoms with E-state index >= 15 is 4.39 Å². The van der Waals surface area contributed by atoms with E-state index in [2.05, 4.69) is 13.2 Å². The van der Waals surface area contributed by atoms with Gasteiger partial charge in [0.1, 0.15) is 5.67 Å². The minimum atomic E-state index is -1.26. The van der Waals surface area contributed by atoms with E-state index in [1.807, 2.05) is 4.90 Å². The van der Waals surface area contributed by atoms with E-state index in [4.69, 9.17) is 17.0 Å². The summed E-state index contributed by atoms with van der Waals surface area (Å²) in [6.45, 7) is 9.37. The van der Waals surface area contributed by atoms with Crippen LogP contribution >= 0.6 is 11.6 Å². The SMILES string of the molecule is C=C(Cl)C(=C)C(CCC1(F)CCC(C(=O)N2CCCCC2)CC1)N(C)C=N. The van der Waals surface area contributed by atoms with Crippen molar-refractivity contribution in [3.63, 3.8) is 0 Å². The third-order valence-electron chi connectivity index (χ3n) is 6.21. The number of likely N-dealkylation sites (tertiary alicyclic amines) is 1. The van der Waals surface area contributed by atoms with Crippen molar-refractivity contribution in [2.75, 3.05) is 20.1 Å². The van der Waals surface area contributed by atoms with Crippen LogP contribution in [0.25, 0.3) is 0 Å². The van der Waals surface area contributed by atoms with Gasteiger partial charge in [0.05, 0.1) is 12.4 Å². The van der Waals surface area contributed by atoms with Crippen molar-refractivity contribution in [1.82, 2.24) is 9.80 Å². The standard InChI is InChI=1S/C21H33ClFN3O/c1-16(17(2)22)19(25(3)15-24)9-12-21(23)10-7-18(8-11-21)20(27)26-13-5-4-6-14-26/h15,18-19,24H,1-2,4-14H2,3H3. The quantitative estimate of drug-likeness (QED) is 0.360. The van der Waals surface area contributed by atoms with Crippen LogP contribution in [0.15, 0.2) is 23.8 Å². The van der Waals surface area contributed by atoms with Gasteiger partial charge in [0.2, 0.25) is 5.91 Å². The number of likely N-dealkylation sites (N-methyl/N-ethyl adjacent to an activating group) is 1. The highest BCUT2D eigenvalue weighted by molar-refractivity contribution is 6.31. The van der Waals surface area contributed by atoms with Crippen molar-refractivity contribution >= 4 is 23.8 Å². The molecule has 2 rings (SSSR count). The number of piperidine rings is 1. The highest BCUT2D eigenvalue weighted by Gasteiger charge is 2.39. The molecule has 152 valence electrons. The summed E-state index contributed by atoms with van der Waals surface area (Å²) >= 11 is 5.98. The third kappa shape index (κ3) is 5.81. The number of carbonyl (C=O) groups is 1. The van der Waals surface area contributed by atoms with Gasteiger partial charge in [-0.1, -0.05) is 24.8 Å². The van der Waals surface area contributed by atoms with Gasteiger partial charge >= 0.3 is 0 Å². The smallest absolute Gasteiger partial charge is 0.225 e. The first-order valence-electron chi connectivity index (χ1n) is 10.0. The number of nitrogens with zero attached hydrogens (tertiary/aromatic N) is 2. The fraction of sp³-hybridized carbons (Fsp3) is 0.714. The molecule has 1 N–H and O–H groups in total. The molecule has 1 unspecified atom stereocenters. The first-order chi connectivity index (χ1) is 12.8. The molecule has 1 heterocycles. The van der Waals surface area contributed by atoms with Crippen LogP contribution in [0.3, 0.4) is 0 Å². The summed E-state index contributed by atoms with van der Waals surface area (Å²) in [6.07, 6.45) is 7.58. The maximum Gasteiger partial charge on any atom is 0.225 e. The number of halogens is 2. The number of rotatable bonds is 8. The molecule has 0 aromatic carbocycles. The molecule has 27 heavy (non-hydrogen) atoms. The van der Waals surface area contributed by atoms with E-state index in [0.717, 1.165) is 25.9 Å². The first-order valence-corrected chi connectivity index (χ1v) is 10.4. The maximum atomic E-state index is 15.4. The Bertz CT molecular complexity index is 566. The van der Waals surface area contributed by atoms with E-state index < -0.39 is 5.67 Å². The second-order valence-corrected chi connectivity index (χ2v) is 8.55. The molecule has 0 spiro atoms. The van der Waals surface area contributed by atoms with Crippen LogP contribution in [-0.2, 0) is 4.79 Å². The zero-order chi connectivity index (χ0) is 20.0. The number of hydrogen-bond acceptors (Lipinski definition) is 2. The first kappa shape index (κ1) is 21.9. The van der Waals surface area contributed by atoms with Crippen LogP contribution < -0.4 is 0 Å². The van der Waals surface area contributed by atoms with Crippen LogP contribution in [0.2, 0.25) is 0 Å². The van der Waals surface area contributed by atoms with Crippen molar-refractivity contribution in [2.24, 2.45) is 5.92 Å². The van der Waals surface area contributed by atoms with Gasteiger partial charge in [-0.2, -0.15) is 0 Å². The Balaban J connectivity index is 1.88. The molecule has 1 aliphatic heterocycles. The van der Waals surface area contributed by atoms with Crippen LogP contribution in [0.4, 0.5) is 4.39 Å². The molecule has 0 bridgehead atoms. The van der Waals surface area contributed by atoms with Crippen molar-refractivity contribution in [3.8, 4) is 0 Å². The van der Waals surface area contributed by atoms with Crippen molar-refractivity contribution < 1.29 is 9.18 Å². The summed E-state index contributed by atoms with van der Waals surface area (Å²) in [7, 11) is 1.77. The highest BCUT2D eigenvalue weighted by atomic mass is 35.5. The van der Waals surface area contributed by atoms with Gasteiger partial charge in [0.15, 0.2) is 0 Å². The molecular weight excluding hydrogens is 365 g/mol. The van der Waals surface area contributed by atoms with Gasteiger partial charge in [0, 0.05) is 31.1 Å². The third-order valence-corrected chi connectivity index (χ3v) is 6.45. The Morgan fingerprint density at radius 2 is 1.93 bits per heavy atom. The number of amides is 1. The second kappa shape index (κ2) is 9.72. The summed E-state index contributed by atoms with van der Waals surface area (Å²) in [5.41, 5.74) is -0.631. The van der Waals surface area contributed by atoms with Gasteiger partial charge in [-0.05, 0) is 63.4 Å². The number of carbonyl (C=O) groups excluding carboxylic acids is 1. The van der Waals surface area contributed by atoms with Crippen LogP contribution in [0, 0.1) is 11.3 Å². The van der Waals surface area contributed by atoms with E-state index in [-0.39, 0.29) is 17.9 Å². The van der Waals surface area contributed by atoms with Gasteiger partial charge in [-0.3, -0.25) is 10.2 Å². The van der Waals surface area contributed by atoms with Crippen molar-refractivity contribution in [3.05, 3.63) is 23.8 Å². The summed E-state index contributed by atoms with van der Waals surface area (Å²) in [5.74, 6) is 0.203. The van der Waals surface area contributed by atoms with Gasteiger partial charge in [-0.15, -0.1) is 0 Å². The predicted octanol–water partition coefficient (Wildman–Crippen LogP) is 4.89. The van der Waals surface area contributed by atoms with E-state index in [1.54, 1.807) is 11.9 Å². The Hall–Kier alpha value is -1.36. The largest absolute Gasteiger partial charge is 0.359 e. The number of alkyl halides is 1. The monoisotopic (exact) mass is 397 g/mol. The lowest BCUT2D eigenvalue weighted by molar-refractivity contribution is -0.138. The normalized spacial score (nSPS) is 26.9. The van der Waals surface area contributed by atoms with Crippen LogP contribution in [0.5, 0.6) is 0 Å². The Kier molecular flexibility index (Phi) is 7.90. The van der Waals surface area contributed by atoms with Crippen LogP contribution in [0.1, 0.15) is 57.8 Å². The highest BCUT2D eigenvalue weighted by Crippen LogP contribution is 2.40. The van der Waals surface area contributed by atoms with E-state index in [9.17, 15) is 4.79 Å². The molecule has 1 amide bonds. The molecular formula is C21H33ClFN3O. The molecule has 2 fully saturated rings. The molecule has 6 heteroatoms. The summed E-state index contributed by atoms with van der Waals surface area (Å²) < 4.78 is 15.4. The minimum absolute atomic E-state index is 0.0235. The lowest BCUT2D eigenvalue weighted by Crippen LogP contribution is -2.43. The minimum Gasteiger partial charge on any atom is -0.359 e. The molecule has 2 aliphatic rings. The fourth-order valence-electron chi connectivity index (χ4n) is 4.29. The molecule has 1 aliphatic carbocycles. The Labute approximate surface area is 167 Å². The average molecular weight is 398 g/mol. The zero-order valence-electron chi connectivity index (χ0n) is 16.5. The molecule has 0 radical (unpaired) electrons. The van der Waals surface area contributed by atoms with Gasteiger partial charge < -0.3 is 9.80 Å². The number of nitrogens with one attached hydrogen (secondary N) is 1. The van der Waals surface area contributed by atoms with Crippen molar-refractivity contribution in [2.45, 2.75) is 69.5 Å². The molecule has 0 aromatic heterocycles. The fourth-order valence-corrected chi connectivity index (χ4v) is 4.42.